The smallest absolute Gasteiger partial charge is 0.132 e. The molecule has 1 rings (SSSR count). The maximum Gasteiger partial charge on any atom is 0.132 e. The number of aliphatic hydroxyl groups excluding tert-OH is 1. The SMILES string of the molecule is CC(=O)C[C@H](O)COCc1ccccc1. The van der Waals surface area contributed by atoms with Gasteiger partial charge in [-0.25, -0.2) is 0 Å². The number of rotatable bonds is 6. The number of hydrogen-bond acceptors (Lipinski definition) is 3. The molecule has 0 bridgehead atoms. The Balaban J connectivity index is 2.19. The minimum Gasteiger partial charge on any atom is -0.390 e. The fourth-order valence-corrected chi connectivity index (χ4v) is 1.28. The summed E-state index contributed by atoms with van der Waals surface area (Å²) in [6, 6.07) is 9.72. The first-order chi connectivity index (χ1) is 7.18. The van der Waals surface area contributed by atoms with Gasteiger partial charge in [-0.3, -0.25) is 4.79 Å². The normalized spacial score (nSPS) is 12.4. The fraction of sp³-hybridized carbons (Fsp3) is 0.417. The van der Waals surface area contributed by atoms with Crippen LogP contribution in [0.1, 0.15) is 18.9 Å². The number of ether oxygens (including phenoxy) is 1. The van der Waals surface area contributed by atoms with Crippen molar-refractivity contribution in [3.05, 3.63) is 35.9 Å². The minimum atomic E-state index is -0.689. The summed E-state index contributed by atoms with van der Waals surface area (Å²) < 4.78 is 5.28. The van der Waals surface area contributed by atoms with Gasteiger partial charge >= 0.3 is 0 Å². The van der Waals surface area contributed by atoms with Gasteiger partial charge in [0.25, 0.3) is 0 Å². The van der Waals surface area contributed by atoms with Gasteiger partial charge in [0.05, 0.1) is 19.3 Å². The Hall–Kier alpha value is -1.19. The standard InChI is InChI=1S/C12H16O3/c1-10(13)7-12(14)9-15-8-11-5-3-2-4-6-11/h2-6,12,14H,7-9H2,1H3/t12-/m0/s1. The van der Waals surface area contributed by atoms with E-state index in [0.29, 0.717) is 6.61 Å². The van der Waals surface area contributed by atoms with Crippen molar-refractivity contribution >= 4 is 5.78 Å². The van der Waals surface area contributed by atoms with Crippen LogP contribution in [-0.4, -0.2) is 23.6 Å². The lowest BCUT2D eigenvalue weighted by atomic mass is 10.2. The van der Waals surface area contributed by atoms with Gasteiger partial charge in [0.15, 0.2) is 0 Å². The van der Waals surface area contributed by atoms with E-state index in [-0.39, 0.29) is 18.8 Å². The molecule has 0 aliphatic heterocycles. The lowest BCUT2D eigenvalue weighted by molar-refractivity contribution is -0.119. The third kappa shape index (κ3) is 5.30. The predicted octanol–water partition coefficient (Wildman–Crippen LogP) is 1.54. The van der Waals surface area contributed by atoms with Crippen molar-refractivity contribution in [3.8, 4) is 0 Å². The van der Waals surface area contributed by atoms with E-state index < -0.39 is 6.10 Å². The summed E-state index contributed by atoms with van der Waals surface area (Å²) in [5.74, 6) is -0.0224. The zero-order valence-corrected chi connectivity index (χ0v) is 8.85. The van der Waals surface area contributed by atoms with Crippen LogP contribution in [0.15, 0.2) is 30.3 Å². The molecule has 0 aromatic heterocycles. The summed E-state index contributed by atoms with van der Waals surface area (Å²) in [7, 11) is 0. The quantitative estimate of drug-likeness (QED) is 0.771. The van der Waals surface area contributed by atoms with Crippen molar-refractivity contribution in [1.82, 2.24) is 0 Å². The molecule has 0 radical (unpaired) electrons. The van der Waals surface area contributed by atoms with Gasteiger partial charge in [0.2, 0.25) is 0 Å². The second-order valence-electron chi connectivity index (χ2n) is 3.56. The minimum absolute atomic E-state index is 0.0224. The van der Waals surface area contributed by atoms with Gasteiger partial charge in [0.1, 0.15) is 5.78 Å². The Morgan fingerprint density at radius 3 is 2.67 bits per heavy atom. The van der Waals surface area contributed by atoms with Crippen LogP contribution in [0.4, 0.5) is 0 Å². The first-order valence-corrected chi connectivity index (χ1v) is 4.97. The number of hydrogen-bond donors (Lipinski definition) is 1. The van der Waals surface area contributed by atoms with E-state index in [1.807, 2.05) is 30.3 Å². The highest BCUT2D eigenvalue weighted by Gasteiger charge is 2.06. The van der Waals surface area contributed by atoms with Crippen LogP contribution >= 0.6 is 0 Å². The molecule has 1 N–H and O–H groups in total. The maximum atomic E-state index is 10.7. The summed E-state index contributed by atoms with van der Waals surface area (Å²) in [6.07, 6.45) is -0.527. The van der Waals surface area contributed by atoms with Gasteiger partial charge in [0, 0.05) is 6.42 Å². The summed E-state index contributed by atoms with van der Waals surface area (Å²) in [6.45, 7) is 2.13. The van der Waals surface area contributed by atoms with Gasteiger partial charge in [-0.2, -0.15) is 0 Å². The van der Waals surface area contributed by atoms with Crippen LogP contribution in [0.25, 0.3) is 0 Å². The van der Waals surface area contributed by atoms with E-state index in [2.05, 4.69) is 0 Å². The molecule has 0 fully saturated rings. The van der Waals surface area contributed by atoms with E-state index in [9.17, 15) is 9.90 Å². The first-order valence-electron chi connectivity index (χ1n) is 4.97. The van der Waals surface area contributed by atoms with Gasteiger partial charge in [-0.1, -0.05) is 30.3 Å². The van der Waals surface area contributed by atoms with Crippen LogP contribution in [0.5, 0.6) is 0 Å². The van der Waals surface area contributed by atoms with Crippen molar-refractivity contribution in [2.75, 3.05) is 6.61 Å². The molecule has 0 amide bonds. The molecular formula is C12H16O3. The molecule has 0 saturated heterocycles. The second-order valence-corrected chi connectivity index (χ2v) is 3.56. The van der Waals surface area contributed by atoms with E-state index in [0.717, 1.165) is 5.56 Å². The average Bonchev–Trinajstić information content (AvgIpc) is 2.18. The molecule has 1 atom stereocenters. The van der Waals surface area contributed by atoms with E-state index in [1.165, 1.54) is 6.92 Å². The monoisotopic (exact) mass is 208 g/mol. The van der Waals surface area contributed by atoms with Gasteiger partial charge in [-0.15, -0.1) is 0 Å². The van der Waals surface area contributed by atoms with Gasteiger partial charge < -0.3 is 9.84 Å². The Morgan fingerprint density at radius 2 is 2.07 bits per heavy atom. The third-order valence-corrected chi connectivity index (χ3v) is 1.94. The zero-order valence-electron chi connectivity index (χ0n) is 8.85. The summed E-state index contributed by atoms with van der Waals surface area (Å²) in [5, 5.41) is 9.35. The Bertz CT molecular complexity index is 295. The van der Waals surface area contributed by atoms with Crippen LogP contribution < -0.4 is 0 Å². The zero-order chi connectivity index (χ0) is 11.1. The molecule has 1 aromatic rings. The maximum absolute atomic E-state index is 10.7. The average molecular weight is 208 g/mol. The second kappa shape index (κ2) is 6.32. The topological polar surface area (TPSA) is 46.5 Å². The molecule has 0 aliphatic rings. The number of Topliss-reactive ketones (excluding diaryl/α,β-unsaturated/α-hetero) is 1. The van der Waals surface area contributed by atoms with Crippen LogP contribution in [-0.2, 0) is 16.1 Å². The number of carbonyl (C=O) groups excluding carboxylic acids is 1. The Morgan fingerprint density at radius 1 is 1.40 bits per heavy atom. The highest BCUT2D eigenvalue weighted by Crippen LogP contribution is 2.02. The highest BCUT2D eigenvalue weighted by atomic mass is 16.5. The van der Waals surface area contributed by atoms with E-state index in [1.54, 1.807) is 0 Å². The molecule has 0 saturated carbocycles. The summed E-state index contributed by atoms with van der Waals surface area (Å²) >= 11 is 0. The van der Waals surface area contributed by atoms with Crippen molar-refractivity contribution in [2.45, 2.75) is 26.1 Å². The van der Waals surface area contributed by atoms with Gasteiger partial charge in [-0.05, 0) is 12.5 Å². The first kappa shape index (κ1) is 11.9. The fourth-order valence-electron chi connectivity index (χ4n) is 1.28. The molecule has 0 aliphatic carbocycles. The molecule has 0 unspecified atom stereocenters. The number of aliphatic hydroxyl groups is 1. The number of benzene rings is 1. The molecule has 3 heteroatoms. The largest absolute Gasteiger partial charge is 0.390 e. The van der Waals surface area contributed by atoms with Crippen molar-refractivity contribution in [3.63, 3.8) is 0 Å². The van der Waals surface area contributed by atoms with Crippen molar-refractivity contribution in [2.24, 2.45) is 0 Å². The van der Waals surface area contributed by atoms with E-state index in [4.69, 9.17) is 4.74 Å². The van der Waals surface area contributed by atoms with Crippen LogP contribution in [0.3, 0.4) is 0 Å². The molecular weight excluding hydrogens is 192 g/mol. The number of ketones is 1. The highest BCUT2D eigenvalue weighted by molar-refractivity contribution is 5.75. The lowest BCUT2D eigenvalue weighted by Gasteiger charge is -2.09. The molecule has 82 valence electrons. The van der Waals surface area contributed by atoms with E-state index >= 15 is 0 Å². The number of carbonyl (C=O) groups is 1. The van der Waals surface area contributed by atoms with Crippen LogP contribution in [0, 0.1) is 0 Å². The summed E-state index contributed by atoms with van der Waals surface area (Å²) in [5.41, 5.74) is 1.06. The molecule has 3 nitrogen and oxygen atoms in total. The molecule has 15 heavy (non-hydrogen) atoms. The lowest BCUT2D eigenvalue weighted by Crippen LogP contribution is -2.18. The summed E-state index contributed by atoms with van der Waals surface area (Å²) in [4.78, 5) is 10.7. The van der Waals surface area contributed by atoms with Crippen molar-refractivity contribution in [1.29, 1.82) is 0 Å². The Labute approximate surface area is 89.7 Å². The molecule has 0 spiro atoms. The predicted molar refractivity (Wildman–Crippen MR) is 57.4 cm³/mol. The molecule has 0 heterocycles. The van der Waals surface area contributed by atoms with Crippen LogP contribution in [0.2, 0.25) is 0 Å². The van der Waals surface area contributed by atoms with Crippen molar-refractivity contribution < 1.29 is 14.6 Å². The Kier molecular flexibility index (Phi) is 5.01. The third-order valence-electron chi connectivity index (χ3n) is 1.94. The molecule has 1 aromatic carbocycles.